The van der Waals surface area contributed by atoms with Crippen LogP contribution in [0, 0.1) is 19.7 Å². The largest absolute Gasteiger partial charge is 0.491 e. The fourth-order valence-electron chi connectivity index (χ4n) is 4.23. The van der Waals surface area contributed by atoms with Gasteiger partial charge in [0.2, 0.25) is 0 Å². The average Bonchev–Trinajstić information content (AvgIpc) is 3.16. The Morgan fingerprint density at radius 1 is 1.17 bits per heavy atom. The van der Waals surface area contributed by atoms with Crippen LogP contribution in [0.15, 0.2) is 41.3 Å². The molecule has 0 amide bonds. The second kappa shape index (κ2) is 9.73. The lowest BCUT2D eigenvalue weighted by Gasteiger charge is -2.19. The predicted octanol–water partition coefficient (Wildman–Crippen LogP) is 3.58. The first-order valence-corrected chi connectivity index (χ1v) is 13.3. The Bertz CT molecular complexity index is 1610. The van der Waals surface area contributed by atoms with Crippen LogP contribution in [0.2, 0.25) is 0 Å². The Morgan fingerprint density at radius 3 is 2.58 bits per heavy atom. The number of aryl methyl sites for hydroxylation is 2. The van der Waals surface area contributed by atoms with Gasteiger partial charge in [-0.3, -0.25) is 4.57 Å². The Kier molecular flexibility index (Phi) is 6.85. The number of H-pyrrole nitrogens is 1. The number of aromatic amines is 1. The zero-order valence-electron chi connectivity index (χ0n) is 20.6. The summed E-state index contributed by atoms with van der Waals surface area (Å²) in [5.41, 5.74) is 3.30. The van der Waals surface area contributed by atoms with Crippen molar-refractivity contribution in [1.29, 1.82) is 0 Å². The van der Waals surface area contributed by atoms with Gasteiger partial charge in [-0.05, 0) is 61.7 Å². The third kappa shape index (κ3) is 4.83. The van der Waals surface area contributed by atoms with Crippen molar-refractivity contribution in [3.8, 4) is 22.8 Å². The van der Waals surface area contributed by atoms with Gasteiger partial charge >= 0.3 is 5.69 Å². The van der Waals surface area contributed by atoms with E-state index >= 15 is 0 Å². The lowest BCUT2D eigenvalue weighted by atomic mass is 9.98. The highest BCUT2D eigenvalue weighted by Gasteiger charge is 2.27. The van der Waals surface area contributed by atoms with Gasteiger partial charge in [-0.2, -0.15) is 0 Å². The summed E-state index contributed by atoms with van der Waals surface area (Å²) >= 11 is 0. The predicted molar refractivity (Wildman–Crippen MR) is 135 cm³/mol. The highest BCUT2D eigenvalue weighted by Crippen LogP contribution is 2.33. The summed E-state index contributed by atoms with van der Waals surface area (Å²) in [7, 11) is -2.08. The molecule has 190 valence electrons. The van der Waals surface area contributed by atoms with E-state index in [1.54, 1.807) is 38.2 Å². The number of pyridine rings is 2. The molecule has 9 nitrogen and oxygen atoms in total. The first-order chi connectivity index (χ1) is 17.0. The zero-order valence-corrected chi connectivity index (χ0v) is 21.4. The van der Waals surface area contributed by atoms with Gasteiger partial charge in [0.25, 0.3) is 5.88 Å². The van der Waals surface area contributed by atoms with E-state index in [1.165, 1.54) is 23.8 Å². The number of halogens is 1. The monoisotopic (exact) mass is 514 g/mol. The number of imidazole rings is 1. The van der Waals surface area contributed by atoms with E-state index in [4.69, 9.17) is 9.47 Å². The van der Waals surface area contributed by atoms with Crippen molar-refractivity contribution >= 4 is 21.0 Å². The molecule has 3 aromatic heterocycles. The molecule has 0 unspecified atom stereocenters. The maximum atomic E-state index is 14.0. The van der Waals surface area contributed by atoms with Gasteiger partial charge < -0.3 is 14.5 Å². The molecule has 0 aliphatic heterocycles. The molecule has 1 N–H and O–H groups in total. The highest BCUT2D eigenvalue weighted by atomic mass is 32.2. The number of sulfone groups is 1. The van der Waals surface area contributed by atoms with Crippen molar-refractivity contribution < 1.29 is 22.3 Å². The van der Waals surface area contributed by atoms with Crippen LogP contribution in [0.3, 0.4) is 0 Å². The van der Waals surface area contributed by atoms with E-state index in [9.17, 15) is 17.6 Å². The van der Waals surface area contributed by atoms with E-state index in [0.717, 1.165) is 11.8 Å². The van der Waals surface area contributed by atoms with Crippen molar-refractivity contribution in [1.82, 2.24) is 19.5 Å². The summed E-state index contributed by atoms with van der Waals surface area (Å²) in [5.74, 6) is -0.202. The molecule has 4 aromatic rings. The van der Waals surface area contributed by atoms with Crippen LogP contribution in [0.5, 0.6) is 11.6 Å². The van der Waals surface area contributed by atoms with E-state index in [-0.39, 0.29) is 17.3 Å². The summed E-state index contributed by atoms with van der Waals surface area (Å²) in [6.07, 6.45) is 2.66. The summed E-state index contributed by atoms with van der Waals surface area (Å²) in [4.78, 5) is 25.0. The molecule has 0 saturated heterocycles. The summed E-state index contributed by atoms with van der Waals surface area (Å²) in [6.45, 7) is 5.77. The fourth-order valence-corrected chi connectivity index (χ4v) is 5.13. The van der Waals surface area contributed by atoms with Crippen molar-refractivity contribution in [2.24, 2.45) is 0 Å². The normalized spacial score (nSPS) is 12.6. The molecule has 1 atom stereocenters. The number of nitrogens with one attached hydrogen (secondary N) is 1. The van der Waals surface area contributed by atoms with Crippen molar-refractivity contribution in [2.75, 3.05) is 25.7 Å². The lowest BCUT2D eigenvalue weighted by molar-refractivity contribution is 0.296. The second-order valence-electron chi connectivity index (χ2n) is 8.54. The summed E-state index contributed by atoms with van der Waals surface area (Å²) < 4.78 is 50.9. The average molecular weight is 515 g/mol. The van der Waals surface area contributed by atoms with Gasteiger partial charge in [-0.15, -0.1) is 0 Å². The number of methoxy groups -OCH3 is 1. The van der Waals surface area contributed by atoms with E-state index < -0.39 is 27.3 Å². The zero-order chi connectivity index (χ0) is 26.2. The van der Waals surface area contributed by atoms with Crippen LogP contribution >= 0.6 is 0 Å². The fraction of sp³-hybridized carbons (Fsp3) is 0.320. The molecule has 0 fully saturated rings. The molecule has 3 heterocycles. The SMILES string of the molecule is CCOc1nc([C@@H](CS(C)(=O)=O)n2c(=O)[nH]c3c(C)c(-c4cc(F)ccc4C)cnc32)ccc1OC. The standard InChI is InChI=1S/C25H27FN4O5S/c1-6-35-24-21(34-4)10-9-19(28-24)20(13-36(5,32)33)30-23-22(29-25(30)31)15(3)18(12-27-23)17-11-16(26)8-7-14(17)2/h7-12,20H,6,13H2,1-5H3,(H,29,31)/t20-/m1/s1. The molecule has 36 heavy (non-hydrogen) atoms. The maximum Gasteiger partial charge on any atom is 0.328 e. The third-order valence-electron chi connectivity index (χ3n) is 5.95. The minimum Gasteiger partial charge on any atom is -0.491 e. The number of ether oxygens (including phenoxy) is 2. The van der Waals surface area contributed by atoms with Gasteiger partial charge in [0.1, 0.15) is 15.7 Å². The summed E-state index contributed by atoms with van der Waals surface area (Å²) in [5, 5.41) is 0. The van der Waals surface area contributed by atoms with Gasteiger partial charge in [0.05, 0.1) is 36.7 Å². The Morgan fingerprint density at radius 2 is 1.92 bits per heavy atom. The molecule has 0 spiro atoms. The molecule has 0 saturated carbocycles. The van der Waals surface area contributed by atoms with E-state index in [0.29, 0.717) is 40.3 Å². The molecule has 0 bridgehead atoms. The van der Waals surface area contributed by atoms with Gasteiger partial charge in [-0.1, -0.05) is 6.07 Å². The van der Waals surface area contributed by atoms with Crippen LogP contribution in [-0.2, 0) is 9.84 Å². The van der Waals surface area contributed by atoms with Crippen molar-refractivity contribution in [3.63, 3.8) is 0 Å². The first-order valence-electron chi connectivity index (χ1n) is 11.3. The van der Waals surface area contributed by atoms with Gasteiger partial charge in [0, 0.05) is 18.0 Å². The highest BCUT2D eigenvalue weighted by molar-refractivity contribution is 7.90. The Labute approximate surface area is 207 Å². The van der Waals surface area contributed by atoms with Crippen molar-refractivity contribution in [3.05, 3.63) is 69.7 Å². The van der Waals surface area contributed by atoms with Crippen LogP contribution in [-0.4, -0.2) is 53.7 Å². The lowest BCUT2D eigenvalue weighted by Crippen LogP contribution is -2.29. The van der Waals surface area contributed by atoms with E-state index in [2.05, 4.69) is 15.0 Å². The Hall–Kier alpha value is -3.73. The van der Waals surface area contributed by atoms with Crippen LogP contribution < -0.4 is 15.2 Å². The van der Waals surface area contributed by atoms with Gasteiger partial charge in [-0.25, -0.2) is 27.6 Å². The van der Waals surface area contributed by atoms with Crippen LogP contribution in [0.4, 0.5) is 4.39 Å². The molecular weight excluding hydrogens is 487 g/mol. The Balaban J connectivity index is 1.94. The minimum absolute atomic E-state index is 0.192. The molecule has 11 heteroatoms. The van der Waals surface area contributed by atoms with Crippen LogP contribution in [0.1, 0.15) is 29.8 Å². The minimum atomic E-state index is -3.55. The number of aromatic nitrogens is 4. The summed E-state index contributed by atoms with van der Waals surface area (Å²) in [6, 6.07) is 6.71. The third-order valence-corrected chi connectivity index (χ3v) is 6.87. The van der Waals surface area contributed by atoms with Crippen LogP contribution in [0.25, 0.3) is 22.3 Å². The molecule has 0 aliphatic rings. The number of hydrogen-bond acceptors (Lipinski definition) is 7. The maximum absolute atomic E-state index is 14.0. The quantitative estimate of drug-likeness (QED) is 0.382. The number of fused-ring (bicyclic) bond motifs is 1. The van der Waals surface area contributed by atoms with E-state index in [1.807, 2.05) is 6.92 Å². The molecule has 0 aliphatic carbocycles. The topological polar surface area (TPSA) is 116 Å². The van der Waals surface area contributed by atoms with Crippen molar-refractivity contribution in [2.45, 2.75) is 26.8 Å². The smallest absolute Gasteiger partial charge is 0.328 e. The molecule has 0 radical (unpaired) electrons. The number of nitrogens with zero attached hydrogens (tertiary/aromatic N) is 3. The molecule has 4 rings (SSSR count). The second-order valence-corrected chi connectivity index (χ2v) is 10.7. The number of rotatable bonds is 8. The number of benzene rings is 1. The number of hydrogen-bond donors (Lipinski definition) is 1. The molecular formula is C25H27FN4O5S. The van der Waals surface area contributed by atoms with Gasteiger partial charge in [0.15, 0.2) is 11.4 Å². The first kappa shape index (κ1) is 25.4. The molecule has 1 aromatic carbocycles.